The van der Waals surface area contributed by atoms with Crippen molar-refractivity contribution in [1.29, 1.82) is 0 Å². The fraction of sp³-hybridized carbons (Fsp3) is 0.471. The minimum atomic E-state index is -3.40. The molecule has 0 spiro atoms. The van der Waals surface area contributed by atoms with E-state index in [1.807, 2.05) is 11.4 Å². The lowest BCUT2D eigenvalue weighted by atomic mass is 10.2. The molecular formula is C17H22N2O3S3. The Hall–Kier alpha value is -1.22. The van der Waals surface area contributed by atoms with Gasteiger partial charge < -0.3 is 5.32 Å². The van der Waals surface area contributed by atoms with Crippen molar-refractivity contribution in [3.05, 3.63) is 39.4 Å². The lowest BCUT2D eigenvalue weighted by molar-refractivity contribution is -0.120. The zero-order valence-electron chi connectivity index (χ0n) is 13.9. The number of piperidine rings is 1. The zero-order valence-corrected chi connectivity index (χ0v) is 16.4. The Labute approximate surface area is 156 Å². The highest BCUT2D eigenvalue weighted by molar-refractivity contribution is 7.91. The van der Waals surface area contributed by atoms with Crippen LogP contribution in [0.5, 0.6) is 0 Å². The maximum absolute atomic E-state index is 12.6. The van der Waals surface area contributed by atoms with Crippen LogP contribution < -0.4 is 5.32 Å². The lowest BCUT2D eigenvalue weighted by Gasteiger charge is -2.25. The Morgan fingerprint density at radius 3 is 2.68 bits per heavy atom. The van der Waals surface area contributed by atoms with Crippen LogP contribution in [0.1, 0.15) is 29.7 Å². The normalized spacial score (nSPS) is 16.0. The maximum Gasteiger partial charge on any atom is 0.252 e. The highest BCUT2D eigenvalue weighted by Gasteiger charge is 2.27. The van der Waals surface area contributed by atoms with E-state index in [9.17, 15) is 13.2 Å². The average molecular weight is 399 g/mol. The van der Waals surface area contributed by atoms with Crippen LogP contribution in [-0.2, 0) is 27.7 Å². The minimum absolute atomic E-state index is 0.0704. The van der Waals surface area contributed by atoms with Gasteiger partial charge >= 0.3 is 0 Å². The molecule has 1 amide bonds. The van der Waals surface area contributed by atoms with Crippen molar-refractivity contribution in [3.63, 3.8) is 0 Å². The fourth-order valence-electron chi connectivity index (χ4n) is 2.83. The molecule has 0 aromatic carbocycles. The molecule has 0 saturated carbocycles. The summed E-state index contributed by atoms with van der Waals surface area (Å²) >= 11 is 2.85. The number of hydrogen-bond donors (Lipinski definition) is 1. The summed E-state index contributed by atoms with van der Waals surface area (Å²) in [5, 5.41) is 6.99. The number of nitrogens with one attached hydrogen (secondary N) is 1. The van der Waals surface area contributed by atoms with Gasteiger partial charge in [0.25, 0.3) is 10.0 Å². The second-order valence-corrected chi connectivity index (χ2v) is 10.2. The maximum atomic E-state index is 12.6. The van der Waals surface area contributed by atoms with E-state index in [1.54, 1.807) is 27.8 Å². The number of sulfonamides is 1. The standard InChI is InChI=1S/C17H22N2O3S3/c20-16(18-8-6-14-7-11-23-13-14)12-15-4-5-17(24-15)25(21,22)19-9-2-1-3-10-19/h4-5,7,11,13H,1-3,6,8-10,12H2,(H,18,20). The van der Waals surface area contributed by atoms with Gasteiger partial charge in [-0.2, -0.15) is 15.6 Å². The SMILES string of the molecule is O=C(Cc1ccc(S(=O)(=O)N2CCCCC2)s1)NCCc1ccsc1. The van der Waals surface area contributed by atoms with Crippen LogP contribution in [0.4, 0.5) is 0 Å². The molecule has 0 radical (unpaired) electrons. The first-order chi connectivity index (χ1) is 12.1. The van der Waals surface area contributed by atoms with Crippen molar-refractivity contribution in [1.82, 2.24) is 9.62 Å². The summed E-state index contributed by atoms with van der Waals surface area (Å²) in [6.07, 6.45) is 3.97. The van der Waals surface area contributed by atoms with E-state index in [2.05, 4.69) is 10.7 Å². The monoisotopic (exact) mass is 398 g/mol. The number of thiophene rings is 2. The van der Waals surface area contributed by atoms with Crippen LogP contribution in [0, 0.1) is 0 Å². The third kappa shape index (κ3) is 4.91. The predicted molar refractivity (Wildman–Crippen MR) is 102 cm³/mol. The number of rotatable bonds is 7. The highest BCUT2D eigenvalue weighted by atomic mass is 32.2. The summed E-state index contributed by atoms with van der Waals surface area (Å²) in [5.74, 6) is -0.0704. The molecule has 1 fully saturated rings. The molecule has 3 heterocycles. The van der Waals surface area contributed by atoms with Gasteiger partial charge in [0.2, 0.25) is 5.91 Å². The van der Waals surface area contributed by atoms with Crippen LogP contribution in [-0.4, -0.2) is 38.3 Å². The summed E-state index contributed by atoms with van der Waals surface area (Å²) in [4.78, 5) is 12.8. The van der Waals surface area contributed by atoms with Gasteiger partial charge in [-0.3, -0.25) is 4.79 Å². The second kappa shape index (κ2) is 8.44. The second-order valence-electron chi connectivity index (χ2n) is 6.09. The van der Waals surface area contributed by atoms with Crippen LogP contribution in [0.2, 0.25) is 0 Å². The molecule has 0 bridgehead atoms. The summed E-state index contributed by atoms with van der Waals surface area (Å²) in [6, 6.07) is 5.43. The first kappa shape index (κ1) is 18.6. The number of amides is 1. The Morgan fingerprint density at radius 1 is 1.16 bits per heavy atom. The molecule has 136 valence electrons. The molecule has 1 saturated heterocycles. The largest absolute Gasteiger partial charge is 0.355 e. The van der Waals surface area contributed by atoms with Crippen LogP contribution in [0.15, 0.2) is 33.2 Å². The molecule has 25 heavy (non-hydrogen) atoms. The van der Waals surface area contributed by atoms with E-state index in [4.69, 9.17) is 0 Å². The van der Waals surface area contributed by atoms with Crippen LogP contribution in [0.25, 0.3) is 0 Å². The molecule has 5 nitrogen and oxygen atoms in total. The van der Waals surface area contributed by atoms with E-state index in [-0.39, 0.29) is 12.3 Å². The predicted octanol–water partition coefficient (Wildman–Crippen LogP) is 2.89. The van der Waals surface area contributed by atoms with Crippen LogP contribution in [0.3, 0.4) is 0 Å². The van der Waals surface area contributed by atoms with Gasteiger partial charge in [-0.05, 0) is 53.8 Å². The van der Waals surface area contributed by atoms with E-state index >= 15 is 0 Å². The topological polar surface area (TPSA) is 66.5 Å². The summed E-state index contributed by atoms with van der Waals surface area (Å²) in [5.41, 5.74) is 1.22. The Balaban J connectivity index is 1.53. The van der Waals surface area contributed by atoms with Gasteiger partial charge in [-0.1, -0.05) is 6.42 Å². The number of nitrogens with zero attached hydrogens (tertiary/aromatic N) is 1. The van der Waals surface area contributed by atoms with Gasteiger partial charge in [0.1, 0.15) is 4.21 Å². The van der Waals surface area contributed by atoms with Gasteiger partial charge in [-0.25, -0.2) is 8.42 Å². The Bertz CT molecular complexity index is 791. The average Bonchev–Trinajstić information content (AvgIpc) is 3.28. The number of carbonyl (C=O) groups is 1. The van der Waals surface area contributed by atoms with Gasteiger partial charge in [-0.15, -0.1) is 11.3 Å². The van der Waals surface area contributed by atoms with Crippen molar-refractivity contribution < 1.29 is 13.2 Å². The third-order valence-corrected chi connectivity index (χ3v) is 8.38. The van der Waals surface area contributed by atoms with Crippen molar-refractivity contribution in [2.45, 2.75) is 36.3 Å². The lowest BCUT2D eigenvalue weighted by Crippen LogP contribution is -2.35. The summed E-state index contributed by atoms with van der Waals surface area (Å²) in [6.45, 7) is 1.79. The molecule has 0 unspecified atom stereocenters. The molecule has 0 atom stereocenters. The Kier molecular flexibility index (Phi) is 6.27. The molecule has 0 aliphatic carbocycles. The first-order valence-corrected chi connectivity index (χ1v) is 11.6. The molecule has 2 aromatic heterocycles. The smallest absolute Gasteiger partial charge is 0.252 e. The van der Waals surface area contributed by atoms with E-state index in [0.29, 0.717) is 23.8 Å². The Morgan fingerprint density at radius 2 is 1.96 bits per heavy atom. The van der Waals surface area contributed by atoms with E-state index < -0.39 is 10.0 Å². The molecular weight excluding hydrogens is 376 g/mol. The van der Waals surface area contributed by atoms with Gasteiger partial charge in [0.15, 0.2) is 0 Å². The minimum Gasteiger partial charge on any atom is -0.355 e. The fourth-order valence-corrected chi connectivity index (χ4v) is 6.56. The van der Waals surface area contributed by atoms with Crippen molar-refractivity contribution >= 4 is 38.6 Å². The number of hydrogen-bond acceptors (Lipinski definition) is 5. The molecule has 1 aliphatic heterocycles. The highest BCUT2D eigenvalue weighted by Crippen LogP contribution is 2.27. The molecule has 3 rings (SSSR count). The summed E-state index contributed by atoms with van der Waals surface area (Å²) in [7, 11) is -3.40. The van der Waals surface area contributed by atoms with E-state index in [1.165, 1.54) is 16.9 Å². The third-order valence-electron chi connectivity index (χ3n) is 4.20. The van der Waals surface area contributed by atoms with Crippen molar-refractivity contribution in [2.75, 3.05) is 19.6 Å². The molecule has 1 N–H and O–H groups in total. The van der Waals surface area contributed by atoms with E-state index in [0.717, 1.165) is 30.6 Å². The van der Waals surface area contributed by atoms with Crippen molar-refractivity contribution in [3.8, 4) is 0 Å². The quantitative estimate of drug-likeness (QED) is 0.780. The molecule has 1 aliphatic rings. The molecule has 8 heteroatoms. The zero-order chi connectivity index (χ0) is 17.7. The van der Waals surface area contributed by atoms with Crippen LogP contribution >= 0.6 is 22.7 Å². The molecule has 2 aromatic rings. The van der Waals surface area contributed by atoms with Gasteiger partial charge in [0.05, 0.1) is 6.42 Å². The first-order valence-electron chi connectivity index (χ1n) is 8.42. The number of carbonyl (C=O) groups excluding carboxylic acids is 1. The summed E-state index contributed by atoms with van der Waals surface area (Å²) < 4.78 is 27.2. The van der Waals surface area contributed by atoms with Crippen molar-refractivity contribution in [2.24, 2.45) is 0 Å². The van der Waals surface area contributed by atoms with Gasteiger partial charge in [0, 0.05) is 24.5 Å².